The summed E-state index contributed by atoms with van der Waals surface area (Å²) < 4.78 is 11.3. The minimum Gasteiger partial charge on any atom is -0.493 e. The Morgan fingerprint density at radius 2 is 2.00 bits per heavy atom. The van der Waals surface area contributed by atoms with E-state index in [0.29, 0.717) is 18.0 Å². The predicted molar refractivity (Wildman–Crippen MR) is 115 cm³/mol. The van der Waals surface area contributed by atoms with Gasteiger partial charge in [0.15, 0.2) is 11.5 Å². The SMILES string of the molecule is COc1cc(CNCCc2cccc(C)n2)ccc1OCC(O)CN1CCCC1. The van der Waals surface area contributed by atoms with Gasteiger partial charge in [0.2, 0.25) is 0 Å². The zero-order chi connectivity index (χ0) is 20.5. The van der Waals surface area contributed by atoms with Crippen molar-refractivity contribution in [2.45, 2.75) is 38.8 Å². The molecule has 2 N–H and O–H groups in total. The first-order valence-electron chi connectivity index (χ1n) is 10.5. The van der Waals surface area contributed by atoms with Gasteiger partial charge in [-0.1, -0.05) is 12.1 Å². The Kier molecular flexibility index (Phi) is 8.28. The monoisotopic (exact) mass is 399 g/mol. The van der Waals surface area contributed by atoms with E-state index in [0.717, 1.165) is 49.6 Å². The lowest BCUT2D eigenvalue weighted by Crippen LogP contribution is -2.33. The summed E-state index contributed by atoms with van der Waals surface area (Å²) in [4.78, 5) is 6.81. The number of benzene rings is 1. The maximum absolute atomic E-state index is 10.2. The van der Waals surface area contributed by atoms with Gasteiger partial charge in [0.25, 0.3) is 0 Å². The maximum Gasteiger partial charge on any atom is 0.161 e. The second-order valence-electron chi connectivity index (χ2n) is 7.65. The molecule has 0 spiro atoms. The van der Waals surface area contributed by atoms with Gasteiger partial charge in [0, 0.05) is 37.4 Å². The molecule has 29 heavy (non-hydrogen) atoms. The van der Waals surface area contributed by atoms with Crippen molar-refractivity contribution in [3.05, 3.63) is 53.3 Å². The van der Waals surface area contributed by atoms with Gasteiger partial charge in [0.05, 0.1) is 7.11 Å². The van der Waals surface area contributed by atoms with E-state index >= 15 is 0 Å². The highest BCUT2D eigenvalue weighted by Gasteiger charge is 2.17. The largest absolute Gasteiger partial charge is 0.493 e. The van der Waals surface area contributed by atoms with Crippen LogP contribution in [0.1, 0.15) is 29.8 Å². The lowest BCUT2D eigenvalue weighted by Gasteiger charge is -2.20. The zero-order valence-electron chi connectivity index (χ0n) is 17.6. The number of hydrogen-bond donors (Lipinski definition) is 2. The Hall–Kier alpha value is -2.15. The van der Waals surface area contributed by atoms with Gasteiger partial charge in [0.1, 0.15) is 12.7 Å². The fraction of sp³-hybridized carbons (Fsp3) is 0.522. The molecule has 2 aromatic rings. The van der Waals surface area contributed by atoms with Crippen LogP contribution in [0.4, 0.5) is 0 Å². The summed E-state index contributed by atoms with van der Waals surface area (Å²) in [6, 6.07) is 12.0. The van der Waals surface area contributed by atoms with Gasteiger partial charge in [-0.15, -0.1) is 0 Å². The van der Waals surface area contributed by atoms with Crippen molar-refractivity contribution in [2.24, 2.45) is 0 Å². The summed E-state index contributed by atoms with van der Waals surface area (Å²) in [6.45, 7) is 6.70. The Morgan fingerprint density at radius 3 is 2.76 bits per heavy atom. The minimum absolute atomic E-state index is 0.272. The van der Waals surface area contributed by atoms with E-state index < -0.39 is 6.10 Å². The van der Waals surface area contributed by atoms with E-state index in [-0.39, 0.29) is 6.61 Å². The molecule has 6 nitrogen and oxygen atoms in total. The lowest BCUT2D eigenvalue weighted by molar-refractivity contribution is 0.0747. The molecule has 6 heteroatoms. The molecule has 0 amide bonds. The molecule has 1 aromatic carbocycles. The molecule has 1 aliphatic heterocycles. The summed E-state index contributed by atoms with van der Waals surface area (Å²) in [5.74, 6) is 1.36. The van der Waals surface area contributed by atoms with Crippen LogP contribution in [0.5, 0.6) is 11.5 Å². The maximum atomic E-state index is 10.2. The number of pyridine rings is 1. The average Bonchev–Trinajstić information content (AvgIpc) is 3.23. The number of hydrogen-bond acceptors (Lipinski definition) is 6. The number of rotatable bonds is 11. The van der Waals surface area contributed by atoms with Gasteiger partial charge in [-0.05, 0) is 62.7 Å². The smallest absolute Gasteiger partial charge is 0.161 e. The predicted octanol–water partition coefficient (Wildman–Crippen LogP) is 2.57. The molecular weight excluding hydrogens is 366 g/mol. The van der Waals surface area contributed by atoms with Crippen LogP contribution in [0, 0.1) is 6.92 Å². The molecule has 1 fully saturated rings. The Balaban J connectivity index is 1.43. The third-order valence-corrected chi connectivity index (χ3v) is 5.16. The van der Waals surface area contributed by atoms with Gasteiger partial charge in [-0.25, -0.2) is 0 Å². The normalized spacial score (nSPS) is 15.4. The van der Waals surface area contributed by atoms with E-state index in [1.54, 1.807) is 7.11 Å². The number of aliphatic hydroxyl groups is 1. The number of ether oxygens (including phenoxy) is 2. The van der Waals surface area contributed by atoms with Crippen LogP contribution < -0.4 is 14.8 Å². The molecule has 2 heterocycles. The number of likely N-dealkylation sites (tertiary alicyclic amines) is 1. The molecule has 1 saturated heterocycles. The fourth-order valence-corrected chi connectivity index (χ4v) is 3.63. The first kappa shape index (κ1) is 21.6. The van der Waals surface area contributed by atoms with E-state index in [2.05, 4.69) is 21.3 Å². The number of aromatic nitrogens is 1. The summed E-state index contributed by atoms with van der Waals surface area (Å²) in [5, 5.41) is 13.7. The number of β-amino-alcohol motifs (C(OH)–C–C–N with tert-alkyl or cyclic N) is 1. The first-order chi connectivity index (χ1) is 14.1. The van der Waals surface area contributed by atoms with Crippen molar-refractivity contribution in [2.75, 3.05) is 39.9 Å². The van der Waals surface area contributed by atoms with Crippen molar-refractivity contribution >= 4 is 0 Å². The van der Waals surface area contributed by atoms with Crippen molar-refractivity contribution in [1.82, 2.24) is 15.2 Å². The van der Waals surface area contributed by atoms with Crippen molar-refractivity contribution in [3.8, 4) is 11.5 Å². The lowest BCUT2D eigenvalue weighted by atomic mass is 10.2. The van der Waals surface area contributed by atoms with E-state index in [1.807, 2.05) is 37.3 Å². The summed E-state index contributed by atoms with van der Waals surface area (Å²) in [6.07, 6.45) is 2.85. The summed E-state index contributed by atoms with van der Waals surface area (Å²) in [7, 11) is 1.64. The van der Waals surface area contributed by atoms with Crippen LogP contribution in [0.25, 0.3) is 0 Å². The Labute approximate surface area is 173 Å². The molecule has 3 rings (SSSR count). The van der Waals surface area contributed by atoms with Crippen LogP contribution >= 0.6 is 0 Å². The van der Waals surface area contributed by atoms with Crippen molar-refractivity contribution in [3.63, 3.8) is 0 Å². The number of aryl methyl sites for hydroxylation is 1. The van der Waals surface area contributed by atoms with Gasteiger partial charge >= 0.3 is 0 Å². The van der Waals surface area contributed by atoms with Crippen LogP contribution in [0.3, 0.4) is 0 Å². The highest BCUT2D eigenvalue weighted by Crippen LogP contribution is 2.28. The van der Waals surface area contributed by atoms with Crippen LogP contribution in [0.2, 0.25) is 0 Å². The van der Waals surface area contributed by atoms with Crippen molar-refractivity contribution < 1.29 is 14.6 Å². The molecule has 1 aromatic heterocycles. The summed E-state index contributed by atoms with van der Waals surface area (Å²) in [5.41, 5.74) is 3.28. The number of methoxy groups -OCH3 is 1. The molecule has 1 atom stereocenters. The van der Waals surface area contributed by atoms with Crippen LogP contribution in [-0.4, -0.2) is 61.0 Å². The minimum atomic E-state index is -0.491. The summed E-state index contributed by atoms with van der Waals surface area (Å²) >= 11 is 0. The van der Waals surface area contributed by atoms with E-state index in [4.69, 9.17) is 9.47 Å². The van der Waals surface area contributed by atoms with E-state index in [1.165, 1.54) is 12.8 Å². The molecule has 1 aliphatic rings. The molecule has 0 radical (unpaired) electrons. The van der Waals surface area contributed by atoms with Gasteiger partial charge in [-0.2, -0.15) is 0 Å². The van der Waals surface area contributed by atoms with Gasteiger partial charge in [-0.3, -0.25) is 4.98 Å². The fourth-order valence-electron chi connectivity index (χ4n) is 3.63. The standard InChI is InChI=1S/C23H33N3O3/c1-18-6-5-7-20(25-18)10-11-24-15-19-8-9-22(23(14-19)28-2)29-17-21(27)16-26-12-3-4-13-26/h5-9,14,21,24,27H,3-4,10-13,15-17H2,1-2H3. The highest BCUT2D eigenvalue weighted by molar-refractivity contribution is 5.43. The Morgan fingerprint density at radius 1 is 1.17 bits per heavy atom. The third-order valence-electron chi connectivity index (χ3n) is 5.16. The molecule has 0 aliphatic carbocycles. The average molecular weight is 400 g/mol. The van der Waals surface area contributed by atoms with E-state index in [9.17, 15) is 5.11 Å². The molecule has 1 unspecified atom stereocenters. The number of nitrogens with one attached hydrogen (secondary N) is 1. The Bertz CT molecular complexity index is 763. The topological polar surface area (TPSA) is 66.8 Å². The van der Waals surface area contributed by atoms with Crippen LogP contribution in [-0.2, 0) is 13.0 Å². The first-order valence-corrected chi connectivity index (χ1v) is 10.5. The molecule has 0 bridgehead atoms. The quantitative estimate of drug-likeness (QED) is 0.566. The highest BCUT2D eigenvalue weighted by atomic mass is 16.5. The molecule has 158 valence electrons. The molecular formula is C23H33N3O3. The zero-order valence-corrected chi connectivity index (χ0v) is 17.6. The van der Waals surface area contributed by atoms with Gasteiger partial charge < -0.3 is 24.8 Å². The molecule has 0 saturated carbocycles. The third kappa shape index (κ3) is 6.99. The second-order valence-corrected chi connectivity index (χ2v) is 7.65. The number of nitrogens with zero attached hydrogens (tertiary/aromatic N) is 2. The number of aliphatic hydroxyl groups excluding tert-OH is 1. The van der Waals surface area contributed by atoms with Crippen molar-refractivity contribution in [1.29, 1.82) is 0 Å². The second kappa shape index (κ2) is 11.1. The van der Waals surface area contributed by atoms with Crippen LogP contribution in [0.15, 0.2) is 36.4 Å².